The van der Waals surface area contributed by atoms with Crippen molar-refractivity contribution >= 4 is 11.8 Å². The van der Waals surface area contributed by atoms with Gasteiger partial charge in [-0.05, 0) is 24.5 Å². The van der Waals surface area contributed by atoms with Gasteiger partial charge >= 0.3 is 5.97 Å². The molecular formula is C17H18F2N4O2. The standard InChI is InChI=1S/C17H18F2N4O2/c18-13-5-6-23(16(13)19)14-4-1-10(7-20-14)8-22-9-12(17(24)25)15(21-22)11-2-3-11/h1,4,7,9,11,13,16H,2-3,5-6,8H2,(H,24,25). The number of aromatic nitrogens is 3. The minimum atomic E-state index is -1.65. The summed E-state index contributed by atoms with van der Waals surface area (Å²) in [5.41, 5.74) is 1.71. The Bertz CT molecular complexity index is 788. The predicted molar refractivity (Wildman–Crippen MR) is 86.3 cm³/mol. The Kier molecular flexibility index (Phi) is 3.89. The van der Waals surface area contributed by atoms with Crippen LogP contribution in [-0.2, 0) is 6.54 Å². The molecule has 6 nitrogen and oxygen atoms in total. The summed E-state index contributed by atoms with van der Waals surface area (Å²) in [7, 11) is 0. The van der Waals surface area contributed by atoms with Crippen LogP contribution < -0.4 is 4.90 Å². The van der Waals surface area contributed by atoms with E-state index in [0.717, 1.165) is 18.4 Å². The number of anilines is 1. The van der Waals surface area contributed by atoms with E-state index in [0.29, 0.717) is 24.6 Å². The average Bonchev–Trinajstić information content (AvgIpc) is 3.27. The van der Waals surface area contributed by atoms with Gasteiger partial charge in [0, 0.05) is 31.3 Å². The van der Waals surface area contributed by atoms with Crippen molar-refractivity contribution in [3.05, 3.63) is 41.3 Å². The second-order valence-corrected chi connectivity index (χ2v) is 6.60. The number of nitrogens with zero attached hydrogens (tertiary/aromatic N) is 4. The molecule has 25 heavy (non-hydrogen) atoms. The first kappa shape index (κ1) is 16.0. The van der Waals surface area contributed by atoms with Gasteiger partial charge in [0.1, 0.15) is 11.4 Å². The van der Waals surface area contributed by atoms with Crippen molar-refractivity contribution in [2.75, 3.05) is 11.4 Å². The van der Waals surface area contributed by atoms with E-state index < -0.39 is 18.4 Å². The van der Waals surface area contributed by atoms with Crippen LogP contribution in [0.4, 0.5) is 14.6 Å². The second kappa shape index (κ2) is 6.09. The fourth-order valence-corrected chi connectivity index (χ4v) is 3.17. The van der Waals surface area contributed by atoms with Crippen LogP contribution in [0.1, 0.15) is 46.8 Å². The molecule has 1 aliphatic heterocycles. The molecule has 0 aromatic carbocycles. The molecule has 1 saturated carbocycles. The van der Waals surface area contributed by atoms with Crippen molar-refractivity contribution in [3.63, 3.8) is 0 Å². The van der Waals surface area contributed by atoms with E-state index in [1.807, 2.05) is 0 Å². The number of halogens is 2. The Morgan fingerprint density at radius 2 is 2.08 bits per heavy atom. The molecule has 0 spiro atoms. The van der Waals surface area contributed by atoms with Crippen molar-refractivity contribution in [1.82, 2.24) is 14.8 Å². The van der Waals surface area contributed by atoms with Crippen LogP contribution in [-0.4, -0.2) is 44.9 Å². The molecule has 2 aromatic rings. The van der Waals surface area contributed by atoms with E-state index in [1.165, 1.54) is 11.1 Å². The molecule has 4 rings (SSSR count). The van der Waals surface area contributed by atoms with Crippen molar-refractivity contribution in [2.45, 2.75) is 44.2 Å². The molecule has 132 valence electrons. The lowest BCUT2D eigenvalue weighted by Gasteiger charge is -2.20. The lowest BCUT2D eigenvalue weighted by molar-refractivity contribution is 0.0695. The number of aromatic carboxylic acids is 1. The Labute approximate surface area is 143 Å². The van der Waals surface area contributed by atoms with Gasteiger partial charge in [0.2, 0.25) is 6.30 Å². The molecule has 1 N–H and O–H groups in total. The molecule has 1 saturated heterocycles. The molecule has 0 bridgehead atoms. The normalized spacial score (nSPS) is 23.2. The molecule has 8 heteroatoms. The van der Waals surface area contributed by atoms with Crippen LogP contribution in [0.15, 0.2) is 24.5 Å². The molecule has 2 fully saturated rings. The third-order valence-electron chi connectivity index (χ3n) is 4.67. The Morgan fingerprint density at radius 1 is 1.28 bits per heavy atom. The highest BCUT2D eigenvalue weighted by Gasteiger charge is 2.35. The third kappa shape index (κ3) is 3.08. The number of hydrogen-bond donors (Lipinski definition) is 1. The summed E-state index contributed by atoms with van der Waals surface area (Å²) in [5.74, 6) is -0.315. The Morgan fingerprint density at radius 3 is 2.64 bits per heavy atom. The second-order valence-electron chi connectivity index (χ2n) is 6.60. The molecule has 1 aliphatic carbocycles. The van der Waals surface area contributed by atoms with Crippen molar-refractivity contribution < 1.29 is 18.7 Å². The smallest absolute Gasteiger partial charge is 0.339 e. The monoisotopic (exact) mass is 348 g/mol. The van der Waals surface area contributed by atoms with Crippen LogP contribution in [0.3, 0.4) is 0 Å². The Hall–Kier alpha value is -2.51. The van der Waals surface area contributed by atoms with Crippen LogP contribution in [0, 0.1) is 0 Å². The Balaban J connectivity index is 1.50. The van der Waals surface area contributed by atoms with E-state index >= 15 is 0 Å². The first-order valence-electron chi connectivity index (χ1n) is 8.33. The fraction of sp³-hybridized carbons (Fsp3) is 0.471. The number of rotatable bonds is 5. The zero-order chi connectivity index (χ0) is 17.6. The molecule has 0 radical (unpaired) electrons. The van der Waals surface area contributed by atoms with Gasteiger partial charge in [-0.3, -0.25) is 4.68 Å². The van der Waals surface area contributed by atoms with Crippen molar-refractivity contribution in [2.24, 2.45) is 0 Å². The van der Waals surface area contributed by atoms with Gasteiger partial charge in [0.25, 0.3) is 0 Å². The maximum atomic E-state index is 13.8. The van der Waals surface area contributed by atoms with E-state index in [1.54, 1.807) is 23.0 Å². The molecular weight excluding hydrogens is 330 g/mol. The number of alkyl halides is 2. The van der Waals surface area contributed by atoms with E-state index in [2.05, 4.69) is 10.1 Å². The third-order valence-corrected chi connectivity index (χ3v) is 4.67. The van der Waals surface area contributed by atoms with Gasteiger partial charge in [0.05, 0.1) is 12.2 Å². The highest BCUT2D eigenvalue weighted by atomic mass is 19.2. The number of carboxylic acid groups (broad SMARTS) is 1. The minimum absolute atomic E-state index is 0.166. The summed E-state index contributed by atoms with van der Waals surface area (Å²) in [5, 5.41) is 13.7. The van der Waals surface area contributed by atoms with E-state index in [4.69, 9.17) is 0 Å². The summed E-state index contributed by atoms with van der Waals surface area (Å²) < 4.78 is 28.6. The number of carboxylic acids is 1. The lowest BCUT2D eigenvalue weighted by Crippen LogP contribution is -2.30. The SMILES string of the molecule is O=C(O)c1cn(Cc2ccc(N3CCC(F)C3F)nc2)nc1C1CC1. The van der Waals surface area contributed by atoms with Crippen LogP contribution >= 0.6 is 0 Å². The molecule has 2 unspecified atom stereocenters. The minimum Gasteiger partial charge on any atom is -0.478 e. The molecule has 0 amide bonds. The largest absolute Gasteiger partial charge is 0.478 e. The lowest BCUT2D eigenvalue weighted by atomic mass is 10.2. The maximum absolute atomic E-state index is 13.8. The van der Waals surface area contributed by atoms with E-state index in [-0.39, 0.29) is 17.9 Å². The highest BCUT2D eigenvalue weighted by molar-refractivity contribution is 5.89. The first-order valence-corrected chi connectivity index (χ1v) is 8.33. The van der Waals surface area contributed by atoms with Gasteiger partial charge < -0.3 is 10.0 Å². The number of pyridine rings is 1. The van der Waals surface area contributed by atoms with Gasteiger partial charge in [-0.25, -0.2) is 18.6 Å². The van der Waals surface area contributed by atoms with Crippen molar-refractivity contribution in [1.29, 1.82) is 0 Å². The van der Waals surface area contributed by atoms with Gasteiger partial charge in [-0.1, -0.05) is 6.07 Å². The maximum Gasteiger partial charge on any atom is 0.339 e. The topological polar surface area (TPSA) is 71.2 Å². The average molecular weight is 348 g/mol. The zero-order valence-electron chi connectivity index (χ0n) is 13.5. The van der Waals surface area contributed by atoms with Crippen LogP contribution in [0.2, 0.25) is 0 Å². The number of carbonyl (C=O) groups is 1. The highest BCUT2D eigenvalue weighted by Crippen LogP contribution is 2.40. The summed E-state index contributed by atoms with van der Waals surface area (Å²) in [6, 6.07) is 3.43. The summed E-state index contributed by atoms with van der Waals surface area (Å²) >= 11 is 0. The molecule has 2 aromatic heterocycles. The van der Waals surface area contributed by atoms with Crippen LogP contribution in [0.25, 0.3) is 0 Å². The zero-order valence-corrected chi connectivity index (χ0v) is 13.5. The van der Waals surface area contributed by atoms with Crippen molar-refractivity contribution in [3.8, 4) is 0 Å². The first-order chi connectivity index (χ1) is 12.0. The molecule has 3 heterocycles. The predicted octanol–water partition coefficient (Wildman–Crippen LogP) is 2.75. The fourth-order valence-electron chi connectivity index (χ4n) is 3.17. The summed E-state index contributed by atoms with van der Waals surface area (Å²) in [4.78, 5) is 16.9. The summed E-state index contributed by atoms with van der Waals surface area (Å²) in [6.07, 6.45) is 2.12. The quantitative estimate of drug-likeness (QED) is 0.842. The molecule has 2 aliphatic rings. The van der Waals surface area contributed by atoms with Gasteiger partial charge in [-0.2, -0.15) is 5.10 Å². The van der Waals surface area contributed by atoms with Gasteiger partial charge in [-0.15, -0.1) is 0 Å². The van der Waals surface area contributed by atoms with Gasteiger partial charge in [0.15, 0.2) is 6.17 Å². The summed E-state index contributed by atoms with van der Waals surface area (Å²) in [6.45, 7) is 0.686. The molecule has 2 atom stereocenters. The number of hydrogen-bond acceptors (Lipinski definition) is 4. The van der Waals surface area contributed by atoms with E-state index in [9.17, 15) is 18.7 Å². The van der Waals surface area contributed by atoms with Crippen LogP contribution in [0.5, 0.6) is 0 Å².